The van der Waals surface area contributed by atoms with E-state index in [9.17, 15) is 18.3 Å². The lowest BCUT2D eigenvalue weighted by Gasteiger charge is -2.36. The molecule has 1 N–H and O–H groups in total. The summed E-state index contributed by atoms with van der Waals surface area (Å²) in [6.07, 6.45) is -3.78. The van der Waals surface area contributed by atoms with E-state index >= 15 is 0 Å². The quantitative estimate of drug-likeness (QED) is 0.807. The topological polar surface area (TPSA) is 20.2 Å². The highest BCUT2D eigenvalue weighted by Crippen LogP contribution is 2.47. The molecule has 0 spiro atoms. The van der Waals surface area contributed by atoms with Crippen molar-refractivity contribution in [3.05, 3.63) is 20.8 Å². The highest BCUT2D eigenvalue weighted by Gasteiger charge is 2.46. The normalized spacial score (nSPS) is 30.5. The average Bonchev–Trinajstić information content (AvgIpc) is 2.64. The van der Waals surface area contributed by atoms with Crippen LogP contribution >= 0.6 is 27.3 Å². The Balaban J connectivity index is 2.11. The summed E-state index contributed by atoms with van der Waals surface area (Å²) in [5, 5.41) is 14.0. The maximum absolute atomic E-state index is 12.5. The Hall–Kier alpha value is -0.0700. The van der Waals surface area contributed by atoms with Crippen molar-refractivity contribution in [2.75, 3.05) is 0 Å². The van der Waals surface area contributed by atoms with Gasteiger partial charge in [0.1, 0.15) is 0 Å². The molecule has 1 nitrogen and oxygen atoms in total. The van der Waals surface area contributed by atoms with E-state index in [1.54, 1.807) is 5.38 Å². The van der Waals surface area contributed by atoms with Gasteiger partial charge < -0.3 is 5.11 Å². The van der Waals surface area contributed by atoms with Gasteiger partial charge in [0.05, 0.1) is 11.5 Å². The van der Waals surface area contributed by atoms with Crippen LogP contribution in [0.25, 0.3) is 0 Å². The predicted molar refractivity (Wildman–Crippen MR) is 63.9 cm³/mol. The summed E-state index contributed by atoms with van der Waals surface area (Å²) in [5.41, 5.74) is -0.372. The third-order valence-corrected chi connectivity index (χ3v) is 5.09. The number of thiophene rings is 1. The summed E-state index contributed by atoms with van der Waals surface area (Å²) in [7, 11) is 0. The molecule has 1 aliphatic carbocycles. The van der Waals surface area contributed by atoms with Crippen molar-refractivity contribution in [1.82, 2.24) is 0 Å². The highest BCUT2D eigenvalue weighted by molar-refractivity contribution is 9.10. The lowest BCUT2D eigenvalue weighted by Crippen LogP contribution is -2.36. The zero-order valence-electron chi connectivity index (χ0n) is 8.93. The number of alkyl halides is 3. The minimum Gasteiger partial charge on any atom is -0.385 e. The fraction of sp³-hybridized carbons (Fsp3) is 0.636. The monoisotopic (exact) mass is 328 g/mol. The summed E-state index contributed by atoms with van der Waals surface area (Å²) < 4.78 is 38.4. The summed E-state index contributed by atoms with van der Waals surface area (Å²) in [5.74, 6) is -1.26. The Bertz CT molecular complexity index is 394. The number of halogens is 4. The molecule has 0 radical (unpaired) electrons. The van der Waals surface area contributed by atoms with Gasteiger partial charge in [0.2, 0.25) is 0 Å². The maximum atomic E-state index is 12.5. The molecule has 0 unspecified atom stereocenters. The van der Waals surface area contributed by atoms with Crippen LogP contribution in [0.4, 0.5) is 13.2 Å². The first-order valence-electron chi connectivity index (χ1n) is 5.34. The van der Waals surface area contributed by atoms with Gasteiger partial charge >= 0.3 is 6.18 Å². The van der Waals surface area contributed by atoms with Gasteiger partial charge in [-0.2, -0.15) is 24.5 Å². The van der Waals surface area contributed by atoms with Crippen LogP contribution in [-0.4, -0.2) is 11.3 Å². The van der Waals surface area contributed by atoms with E-state index in [4.69, 9.17) is 0 Å². The smallest absolute Gasteiger partial charge is 0.385 e. The van der Waals surface area contributed by atoms with E-state index < -0.39 is 17.7 Å². The van der Waals surface area contributed by atoms with Crippen molar-refractivity contribution in [3.63, 3.8) is 0 Å². The lowest BCUT2D eigenvalue weighted by molar-refractivity contribution is -0.193. The molecular weight excluding hydrogens is 317 g/mol. The zero-order chi connectivity index (χ0) is 12.7. The van der Waals surface area contributed by atoms with Crippen molar-refractivity contribution in [2.45, 2.75) is 37.5 Å². The minimum atomic E-state index is -4.13. The molecule has 0 aliphatic heterocycles. The Morgan fingerprint density at radius 3 is 2.29 bits per heavy atom. The molecule has 0 aromatic carbocycles. The third kappa shape index (κ3) is 2.69. The molecular formula is C11H12BrF3OS. The standard InChI is InChI=1S/C11H12BrF3OS/c12-9-6-17-5-8(9)10(16)3-1-7(2-4-10)11(13,14)15/h5-7,16H,1-4H2. The second kappa shape index (κ2) is 4.55. The van der Waals surface area contributed by atoms with Crippen LogP contribution in [0.3, 0.4) is 0 Å². The molecule has 0 bridgehead atoms. The molecule has 0 amide bonds. The van der Waals surface area contributed by atoms with E-state index in [1.165, 1.54) is 11.3 Å². The van der Waals surface area contributed by atoms with E-state index in [1.807, 2.05) is 5.38 Å². The van der Waals surface area contributed by atoms with Gasteiger partial charge in [-0.1, -0.05) is 0 Å². The van der Waals surface area contributed by atoms with Crippen LogP contribution in [-0.2, 0) is 5.60 Å². The zero-order valence-corrected chi connectivity index (χ0v) is 11.3. The van der Waals surface area contributed by atoms with Crippen molar-refractivity contribution in [3.8, 4) is 0 Å². The van der Waals surface area contributed by atoms with Gasteiger partial charge in [0.15, 0.2) is 0 Å². The summed E-state index contributed by atoms with van der Waals surface area (Å²) in [6, 6.07) is 0. The molecule has 1 saturated carbocycles. The van der Waals surface area contributed by atoms with E-state index in [0.717, 1.165) is 10.0 Å². The fourth-order valence-electron chi connectivity index (χ4n) is 2.31. The third-order valence-electron chi connectivity index (χ3n) is 3.39. The number of aliphatic hydroxyl groups is 1. The largest absolute Gasteiger partial charge is 0.391 e. The Labute approximate surface area is 110 Å². The van der Waals surface area contributed by atoms with Crippen molar-refractivity contribution >= 4 is 27.3 Å². The van der Waals surface area contributed by atoms with Crippen LogP contribution in [0.1, 0.15) is 31.2 Å². The van der Waals surface area contributed by atoms with Gasteiger partial charge in [-0.3, -0.25) is 0 Å². The molecule has 1 aromatic rings. The molecule has 17 heavy (non-hydrogen) atoms. The molecule has 1 fully saturated rings. The molecule has 96 valence electrons. The molecule has 0 atom stereocenters. The van der Waals surface area contributed by atoms with Crippen LogP contribution < -0.4 is 0 Å². The summed E-state index contributed by atoms with van der Waals surface area (Å²) in [6.45, 7) is 0. The second-order valence-corrected chi connectivity index (χ2v) is 6.08. The average molecular weight is 329 g/mol. The molecule has 1 aromatic heterocycles. The molecule has 0 saturated heterocycles. The minimum absolute atomic E-state index is 0.00227. The van der Waals surface area contributed by atoms with Crippen LogP contribution in [0.2, 0.25) is 0 Å². The summed E-state index contributed by atoms with van der Waals surface area (Å²) in [4.78, 5) is 0. The van der Waals surface area contributed by atoms with Gasteiger partial charge in [-0.05, 0) is 47.0 Å². The SMILES string of the molecule is OC1(c2cscc2Br)CCC(C(F)(F)F)CC1. The van der Waals surface area contributed by atoms with E-state index in [-0.39, 0.29) is 25.7 Å². The predicted octanol–water partition coefficient (Wildman–Crippen LogP) is 4.45. The first-order valence-corrected chi connectivity index (χ1v) is 7.08. The van der Waals surface area contributed by atoms with E-state index in [0.29, 0.717) is 0 Å². The molecule has 6 heteroatoms. The number of rotatable bonds is 1. The fourth-order valence-corrected chi connectivity index (χ4v) is 4.06. The first-order chi connectivity index (χ1) is 7.83. The lowest BCUT2D eigenvalue weighted by atomic mass is 9.76. The number of hydrogen-bond donors (Lipinski definition) is 1. The first kappa shape index (κ1) is 13.4. The maximum Gasteiger partial charge on any atom is 0.391 e. The van der Waals surface area contributed by atoms with Crippen LogP contribution in [0.15, 0.2) is 15.2 Å². The Morgan fingerprint density at radius 2 is 1.88 bits per heavy atom. The van der Waals surface area contributed by atoms with Gasteiger partial charge in [0.25, 0.3) is 0 Å². The molecule has 1 aliphatic rings. The van der Waals surface area contributed by atoms with E-state index in [2.05, 4.69) is 15.9 Å². The second-order valence-electron chi connectivity index (χ2n) is 4.48. The molecule has 2 rings (SSSR count). The van der Waals surface area contributed by atoms with Crippen molar-refractivity contribution in [2.24, 2.45) is 5.92 Å². The van der Waals surface area contributed by atoms with Gasteiger partial charge in [0, 0.05) is 15.4 Å². The van der Waals surface area contributed by atoms with Gasteiger partial charge in [-0.15, -0.1) is 0 Å². The number of hydrogen-bond acceptors (Lipinski definition) is 2. The van der Waals surface area contributed by atoms with Crippen LogP contribution in [0, 0.1) is 5.92 Å². The van der Waals surface area contributed by atoms with Crippen molar-refractivity contribution < 1.29 is 18.3 Å². The summed E-state index contributed by atoms with van der Waals surface area (Å²) >= 11 is 4.76. The Kier molecular flexibility index (Phi) is 3.58. The van der Waals surface area contributed by atoms with Gasteiger partial charge in [-0.25, -0.2) is 0 Å². The molecule has 1 heterocycles. The highest BCUT2D eigenvalue weighted by atomic mass is 79.9. The Morgan fingerprint density at radius 1 is 1.29 bits per heavy atom. The van der Waals surface area contributed by atoms with Crippen LogP contribution in [0.5, 0.6) is 0 Å². The van der Waals surface area contributed by atoms with Crippen molar-refractivity contribution in [1.29, 1.82) is 0 Å².